The van der Waals surface area contributed by atoms with Crippen LogP contribution in [-0.2, 0) is 23.0 Å². The molecule has 0 spiro atoms. The van der Waals surface area contributed by atoms with Gasteiger partial charge in [-0.15, -0.1) is 11.3 Å². The molecule has 2 aliphatic rings. The monoisotopic (exact) mass is 342 g/mol. The molecular formula is C14H18N2O4S2. The van der Waals surface area contributed by atoms with Gasteiger partial charge in [-0.3, -0.25) is 0 Å². The van der Waals surface area contributed by atoms with Crippen LogP contribution in [0.2, 0.25) is 0 Å². The number of carbonyl (C=O) groups is 1. The van der Waals surface area contributed by atoms with Gasteiger partial charge in [0, 0.05) is 24.0 Å². The summed E-state index contributed by atoms with van der Waals surface area (Å²) in [5.74, 6) is -1.15. The fourth-order valence-electron chi connectivity index (χ4n) is 2.98. The average molecular weight is 342 g/mol. The van der Waals surface area contributed by atoms with Crippen molar-refractivity contribution in [1.29, 1.82) is 0 Å². The van der Waals surface area contributed by atoms with Crippen LogP contribution in [0.15, 0.2) is 16.4 Å². The first-order valence-corrected chi connectivity index (χ1v) is 9.49. The Morgan fingerprint density at radius 3 is 3.00 bits per heavy atom. The Morgan fingerprint density at radius 2 is 2.32 bits per heavy atom. The molecule has 0 unspecified atom stereocenters. The van der Waals surface area contributed by atoms with E-state index < -0.39 is 16.0 Å². The molecule has 0 saturated carbocycles. The van der Waals surface area contributed by atoms with E-state index in [2.05, 4.69) is 5.32 Å². The van der Waals surface area contributed by atoms with Gasteiger partial charge in [-0.2, -0.15) is 4.31 Å². The van der Waals surface area contributed by atoms with Crippen molar-refractivity contribution in [1.82, 2.24) is 9.62 Å². The molecule has 3 rings (SSSR count). The van der Waals surface area contributed by atoms with E-state index in [1.54, 1.807) is 0 Å². The van der Waals surface area contributed by atoms with E-state index in [0.717, 1.165) is 16.2 Å². The molecule has 0 aliphatic carbocycles. The zero-order chi connectivity index (χ0) is 15.9. The largest absolute Gasteiger partial charge is 0.478 e. The van der Waals surface area contributed by atoms with Crippen LogP contribution in [0.3, 0.4) is 0 Å². The summed E-state index contributed by atoms with van der Waals surface area (Å²) in [5, 5.41) is 12.7. The molecule has 0 fully saturated rings. The van der Waals surface area contributed by atoms with Crippen LogP contribution >= 0.6 is 11.3 Å². The van der Waals surface area contributed by atoms with Gasteiger partial charge in [0.05, 0.1) is 5.56 Å². The van der Waals surface area contributed by atoms with Gasteiger partial charge in [-0.05, 0) is 24.9 Å². The maximum Gasteiger partial charge on any atom is 0.338 e. The van der Waals surface area contributed by atoms with E-state index in [0.29, 0.717) is 38.0 Å². The molecule has 1 aromatic rings. The molecule has 2 aliphatic heterocycles. The van der Waals surface area contributed by atoms with Gasteiger partial charge in [0.1, 0.15) is 4.21 Å². The van der Waals surface area contributed by atoms with Crippen molar-refractivity contribution >= 4 is 27.3 Å². The standard InChI is InChI=1S/C14H18N2O4S2/c1-2-9-4-3-7-16(9)22(19,20)14-12(13(17)18)10-5-6-15-8-11(10)21-14/h3-4,9,15H,2,5-8H2,1H3,(H,17,18)/t9-/m0/s1. The molecule has 3 heterocycles. The van der Waals surface area contributed by atoms with Gasteiger partial charge in [0.2, 0.25) is 0 Å². The Labute approximate surface area is 133 Å². The van der Waals surface area contributed by atoms with Gasteiger partial charge in [0.15, 0.2) is 0 Å². The summed E-state index contributed by atoms with van der Waals surface area (Å²) in [5.41, 5.74) is 0.651. The normalized spacial score (nSPS) is 22.0. The minimum absolute atomic E-state index is 0.0177. The summed E-state index contributed by atoms with van der Waals surface area (Å²) in [4.78, 5) is 12.5. The van der Waals surface area contributed by atoms with Crippen molar-refractivity contribution in [3.63, 3.8) is 0 Å². The predicted molar refractivity (Wildman–Crippen MR) is 83.8 cm³/mol. The Bertz CT molecular complexity index is 736. The highest BCUT2D eigenvalue weighted by atomic mass is 32.2. The third kappa shape index (κ3) is 2.40. The molecule has 0 amide bonds. The third-order valence-corrected chi connectivity index (χ3v) is 7.70. The summed E-state index contributed by atoms with van der Waals surface area (Å²) in [7, 11) is -3.79. The molecule has 0 bridgehead atoms. The number of fused-ring (bicyclic) bond motifs is 1. The third-order valence-electron chi connectivity index (χ3n) is 4.08. The summed E-state index contributed by atoms with van der Waals surface area (Å²) in [6.45, 7) is 3.43. The molecule has 0 saturated heterocycles. The highest BCUT2D eigenvalue weighted by molar-refractivity contribution is 7.91. The number of hydrogen-bond donors (Lipinski definition) is 2. The van der Waals surface area contributed by atoms with E-state index in [9.17, 15) is 18.3 Å². The first-order chi connectivity index (χ1) is 10.5. The second kappa shape index (κ2) is 5.77. The highest BCUT2D eigenvalue weighted by Crippen LogP contribution is 2.37. The van der Waals surface area contributed by atoms with Crippen LogP contribution < -0.4 is 5.32 Å². The first kappa shape index (κ1) is 15.7. The second-order valence-electron chi connectivity index (χ2n) is 5.38. The van der Waals surface area contributed by atoms with E-state index in [1.807, 2.05) is 19.1 Å². The van der Waals surface area contributed by atoms with Crippen molar-refractivity contribution in [2.75, 3.05) is 13.1 Å². The summed E-state index contributed by atoms with van der Waals surface area (Å²) >= 11 is 1.10. The topological polar surface area (TPSA) is 86.7 Å². The molecule has 1 aromatic heterocycles. The lowest BCUT2D eigenvalue weighted by Gasteiger charge is -2.22. The van der Waals surface area contributed by atoms with E-state index in [4.69, 9.17) is 0 Å². The van der Waals surface area contributed by atoms with Gasteiger partial charge >= 0.3 is 5.97 Å². The fourth-order valence-corrected chi connectivity index (χ4v) is 6.57. The predicted octanol–water partition coefficient (Wildman–Crippen LogP) is 1.43. The molecule has 8 heteroatoms. The van der Waals surface area contributed by atoms with Crippen LogP contribution in [0.25, 0.3) is 0 Å². The molecule has 2 N–H and O–H groups in total. The zero-order valence-corrected chi connectivity index (χ0v) is 13.8. The second-order valence-corrected chi connectivity index (χ2v) is 8.57. The highest BCUT2D eigenvalue weighted by Gasteiger charge is 2.38. The Kier molecular flexibility index (Phi) is 4.11. The summed E-state index contributed by atoms with van der Waals surface area (Å²) in [6, 6.07) is -0.191. The Hall–Kier alpha value is -1.22. The van der Waals surface area contributed by atoms with Crippen molar-refractivity contribution in [2.45, 2.75) is 36.6 Å². The van der Waals surface area contributed by atoms with Crippen LogP contribution in [0.1, 0.15) is 34.1 Å². The number of nitrogens with one attached hydrogen (secondary N) is 1. The summed E-state index contributed by atoms with van der Waals surface area (Å²) in [6.07, 6.45) is 4.91. The number of carboxylic acids is 1. The van der Waals surface area contributed by atoms with E-state index in [1.165, 1.54) is 4.31 Å². The SMILES string of the molecule is CC[C@H]1C=CCN1S(=O)(=O)c1sc2c(c1C(=O)O)CCNC2. The molecule has 0 radical (unpaired) electrons. The Balaban J connectivity index is 2.11. The van der Waals surface area contributed by atoms with Gasteiger partial charge < -0.3 is 10.4 Å². The maximum atomic E-state index is 13.0. The number of sulfonamides is 1. The average Bonchev–Trinajstić information content (AvgIpc) is 3.11. The number of rotatable bonds is 4. The van der Waals surface area contributed by atoms with Gasteiger partial charge in [-0.25, -0.2) is 13.2 Å². The van der Waals surface area contributed by atoms with E-state index in [-0.39, 0.29) is 15.8 Å². The number of aromatic carboxylic acids is 1. The summed E-state index contributed by atoms with van der Waals surface area (Å²) < 4.78 is 27.3. The van der Waals surface area contributed by atoms with Crippen LogP contribution in [-0.4, -0.2) is 42.9 Å². The lowest BCUT2D eigenvalue weighted by molar-refractivity contribution is 0.0692. The fraction of sp³-hybridized carbons (Fsp3) is 0.500. The van der Waals surface area contributed by atoms with Crippen LogP contribution in [0.5, 0.6) is 0 Å². The molecule has 6 nitrogen and oxygen atoms in total. The lowest BCUT2D eigenvalue weighted by Crippen LogP contribution is -2.36. The van der Waals surface area contributed by atoms with Crippen LogP contribution in [0, 0.1) is 0 Å². The molecule has 120 valence electrons. The lowest BCUT2D eigenvalue weighted by atomic mass is 10.1. The molecular weight excluding hydrogens is 324 g/mol. The zero-order valence-electron chi connectivity index (χ0n) is 12.2. The van der Waals surface area contributed by atoms with Crippen molar-refractivity contribution in [3.05, 3.63) is 28.2 Å². The van der Waals surface area contributed by atoms with Crippen molar-refractivity contribution in [3.8, 4) is 0 Å². The number of thiophene rings is 1. The maximum absolute atomic E-state index is 13.0. The first-order valence-electron chi connectivity index (χ1n) is 7.23. The molecule has 22 heavy (non-hydrogen) atoms. The van der Waals surface area contributed by atoms with Crippen molar-refractivity contribution in [2.24, 2.45) is 0 Å². The van der Waals surface area contributed by atoms with Gasteiger partial charge in [-0.1, -0.05) is 19.1 Å². The smallest absolute Gasteiger partial charge is 0.338 e. The molecule has 0 aromatic carbocycles. The Morgan fingerprint density at radius 1 is 1.55 bits per heavy atom. The minimum Gasteiger partial charge on any atom is -0.478 e. The van der Waals surface area contributed by atoms with E-state index >= 15 is 0 Å². The van der Waals surface area contributed by atoms with Gasteiger partial charge in [0.25, 0.3) is 10.0 Å². The number of nitrogens with zero attached hydrogens (tertiary/aromatic N) is 1. The quantitative estimate of drug-likeness (QED) is 0.809. The minimum atomic E-state index is -3.79. The van der Waals surface area contributed by atoms with Crippen molar-refractivity contribution < 1.29 is 18.3 Å². The number of carboxylic acid groups (broad SMARTS) is 1. The number of hydrogen-bond acceptors (Lipinski definition) is 5. The van der Waals surface area contributed by atoms with Crippen LogP contribution in [0.4, 0.5) is 0 Å². The molecule has 1 atom stereocenters.